The van der Waals surface area contributed by atoms with Crippen LogP contribution < -0.4 is 5.32 Å². The Morgan fingerprint density at radius 2 is 1.89 bits per heavy atom. The predicted octanol–water partition coefficient (Wildman–Crippen LogP) is 4.23. The van der Waals surface area contributed by atoms with Gasteiger partial charge in [0.2, 0.25) is 0 Å². The summed E-state index contributed by atoms with van der Waals surface area (Å²) in [6, 6.07) is 19.0. The number of nitriles is 1. The van der Waals surface area contributed by atoms with Gasteiger partial charge in [0, 0.05) is 11.7 Å². The second-order valence-electron chi connectivity index (χ2n) is 4.81. The van der Waals surface area contributed by atoms with E-state index in [1.54, 1.807) is 0 Å². The largest absolute Gasteiger partial charge is 0.379 e. The van der Waals surface area contributed by atoms with E-state index in [2.05, 4.69) is 49.5 Å². The molecule has 1 atom stereocenters. The molecule has 2 aromatic carbocycles. The number of hydrogen-bond acceptors (Lipinski definition) is 2. The van der Waals surface area contributed by atoms with Crippen LogP contribution in [0.15, 0.2) is 48.5 Å². The van der Waals surface area contributed by atoms with Gasteiger partial charge in [-0.2, -0.15) is 5.26 Å². The Hall–Kier alpha value is -2.27. The summed E-state index contributed by atoms with van der Waals surface area (Å²) in [4.78, 5) is 0. The van der Waals surface area contributed by atoms with Crippen LogP contribution in [0.25, 0.3) is 0 Å². The number of rotatable bonds is 4. The van der Waals surface area contributed by atoms with E-state index in [-0.39, 0.29) is 6.04 Å². The van der Waals surface area contributed by atoms with Crippen molar-refractivity contribution in [2.45, 2.75) is 26.3 Å². The Bertz CT molecular complexity index is 579. The molecule has 0 fully saturated rings. The highest BCUT2D eigenvalue weighted by Gasteiger charge is 2.05. The van der Waals surface area contributed by atoms with E-state index in [0.717, 1.165) is 11.3 Å². The average Bonchev–Trinajstić information content (AvgIpc) is 2.41. The van der Waals surface area contributed by atoms with E-state index < -0.39 is 0 Å². The van der Waals surface area contributed by atoms with E-state index in [4.69, 9.17) is 5.26 Å². The molecule has 0 aromatic heterocycles. The van der Waals surface area contributed by atoms with Crippen molar-refractivity contribution in [1.82, 2.24) is 0 Å². The number of hydrogen-bond donors (Lipinski definition) is 1. The molecule has 1 unspecified atom stereocenters. The molecule has 2 aromatic rings. The van der Waals surface area contributed by atoms with Gasteiger partial charge >= 0.3 is 0 Å². The van der Waals surface area contributed by atoms with Gasteiger partial charge < -0.3 is 5.32 Å². The SMILES string of the molecule is Cc1cccc(C(C)Nc2ccc(CC#N)cc2)c1. The van der Waals surface area contributed by atoms with Gasteiger partial charge in [0.05, 0.1) is 12.5 Å². The van der Waals surface area contributed by atoms with Crippen molar-refractivity contribution in [2.24, 2.45) is 0 Å². The summed E-state index contributed by atoms with van der Waals surface area (Å²) >= 11 is 0. The lowest BCUT2D eigenvalue weighted by atomic mass is 10.1. The molecule has 0 saturated carbocycles. The number of aryl methyl sites for hydroxylation is 1. The first-order valence-corrected chi connectivity index (χ1v) is 6.48. The monoisotopic (exact) mass is 250 g/mol. The minimum atomic E-state index is 0.265. The average molecular weight is 250 g/mol. The molecule has 0 spiro atoms. The van der Waals surface area contributed by atoms with Gasteiger partial charge in [-0.05, 0) is 37.1 Å². The van der Waals surface area contributed by atoms with Crippen LogP contribution in [0.4, 0.5) is 5.69 Å². The lowest BCUT2D eigenvalue weighted by Gasteiger charge is -2.16. The molecule has 0 aliphatic heterocycles. The second-order valence-corrected chi connectivity index (χ2v) is 4.81. The molecular weight excluding hydrogens is 232 g/mol. The van der Waals surface area contributed by atoms with Crippen LogP contribution in [0.1, 0.15) is 29.7 Å². The summed E-state index contributed by atoms with van der Waals surface area (Å²) in [6.07, 6.45) is 0.466. The standard InChI is InChI=1S/C17H18N2/c1-13-4-3-5-16(12-13)14(2)19-17-8-6-15(7-9-17)10-11-18/h3-9,12,14,19H,10H2,1-2H3. The van der Waals surface area contributed by atoms with Crippen molar-refractivity contribution in [3.63, 3.8) is 0 Å². The molecule has 0 bridgehead atoms. The first-order chi connectivity index (χ1) is 9.19. The summed E-state index contributed by atoms with van der Waals surface area (Å²) < 4.78 is 0. The summed E-state index contributed by atoms with van der Waals surface area (Å²) in [7, 11) is 0. The van der Waals surface area contributed by atoms with Crippen molar-refractivity contribution in [3.05, 3.63) is 65.2 Å². The van der Waals surface area contributed by atoms with E-state index in [9.17, 15) is 0 Å². The highest BCUT2D eigenvalue weighted by atomic mass is 14.9. The Morgan fingerprint density at radius 1 is 1.16 bits per heavy atom. The minimum Gasteiger partial charge on any atom is -0.379 e. The van der Waals surface area contributed by atoms with E-state index in [1.807, 2.05) is 24.3 Å². The smallest absolute Gasteiger partial charge is 0.0669 e. The molecule has 2 nitrogen and oxygen atoms in total. The topological polar surface area (TPSA) is 35.8 Å². The van der Waals surface area contributed by atoms with Crippen molar-refractivity contribution in [1.29, 1.82) is 5.26 Å². The molecule has 2 rings (SSSR count). The highest BCUT2D eigenvalue weighted by Crippen LogP contribution is 2.20. The van der Waals surface area contributed by atoms with Crippen molar-refractivity contribution < 1.29 is 0 Å². The van der Waals surface area contributed by atoms with Gasteiger partial charge in [-0.25, -0.2) is 0 Å². The summed E-state index contributed by atoms with van der Waals surface area (Å²) in [5, 5.41) is 12.1. The van der Waals surface area contributed by atoms with Crippen LogP contribution in [0.3, 0.4) is 0 Å². The summed E-state index contributed by atoms with van der Waals surface area (Å²) in [6.45, 7) is 4.25. The third kappa shape index (κ3) is 3.59. The fraction of sp³-hybridized carbons (Fsp3) is 0.235. The fourth-order valence-corrected chi connectivity index (χ4v) is 2.08. The van der Waals surface area contributed by atoms with Gasteiger partial charge in [-0.3, -0.25) is 0 Å². The summed E-state index contributed by atoms with van der Waals surface area (Å²) in [5.74, 6) is 0. The minimum absolute atomic E-state index is 0.265. The van der Waals surface area contributed by atoms with E-state index in [1.165, 1.54) is 11.1 Å². The second kappa shape index (κ2) is 6.06. The highest BCUT2D eigenvalue weighted by molar-refractivity contribution is 5.47. The maximum Gasteiger partial charge on any atom is 0.0669 e. The zero-order valence-corrected chi connectivity index (χ0v) is 11.4. The maximum atomic E-state index is 8.64. The van der Waals surface area contributed by atoms with Gasteiger partial charge in [0.25, 0.3) is 0 Å². The first kappa shape index (κ1) is 13.2. The molecule has 0 aliphatic carbocycles. The lowest BCUT2D eigenvalue weighted by Crippen LogP contribution is -2.06. The Balaban J connectivity index is 2.06. The first-order valence-electron chi connectivity index (χ1n) is 6.48. The third-order valence-electron chi connectivity index (χ3n) is 3.16. The lowest BCUT2D eigenvalue weighted by molar-refractivity contribution is 0.882. The van der Waals surface area contributed by atoms with Crippen LogP contribution in [0.5, 0.6) is 0 Å². The molecule has 0 amide bonds. The quantitative estimate of drug-likeness (QED) is 0.881. The Kier molecular flexibility index (Phi) is 4.20. The van der Waals surface area contributed by atoms with Crippen LogP contribution in [-0.4, -0.2) is 0 Å². The number of nitrogens with one attached hydrogen (secondary N) is 1. The normalized spacial score (nSPS) is 11.6. The number of benzene rings is 2. The van der Waals surface area contributed by atoms with Crippen LogP contribution >= 0.6 is 0 Å². The maximum absolute atomic E-state index is 8.64. The molecule has 19 heavy (non-hydrogen) atoms. The molecule has 0 radical (unpaired) electrons. The van der Waals surface area contributed by atoms with Crippen molar-refractivity contribution in [2.75, 3.05) is 5.32 Å². The van der Waals surface area contributed by atoms with Crippen molar-refractivity contribution >= 4 is 5.69 Å². The van der Waals surface area contributed by atoms with Gasteiger partial charge in [-0.15, -0.1) is 0 Å². The van der Waals surface area contributed by atoms with Gasteiger partial charge in [0.15, 0.2) is 0 Å². The molecule has 0 saturated heterocycles. The number of anilines is 1. The van der Waals surface area contributed by atoms with Crippen LogP contribution in [0.2, 0.25) is 0 Å². The fourth-order valence-electron chi connectivity index (χ4n) is 2.08. The van der Waals surface area contributed by atoms with Gasteiger partial charge in [-0.1, -0.05) is 42.0 Å². The molecule has 96 valence electrons. The Labute approximate surface area is 114 Å². The third-order valence-corrected chi connectivity index (χ3v) is 3.16. The molecule has 0 aliphatic rings. The van der Waals surface area contributed by atoms with Crippen molar-refractivity contribution in [3.8, 4) is 6.07 Å². The zero-order valence-electron chi connectivity index (χ0n) is 11.4. The molecule has 1 N–H and O–H groups in total. The van der Waals surface area contributed by atoms with E-state index >= 15 is 0 Å². The number of nitrogens with zero attached hydrogens (tertiary/aromatic N) is 1. The predicted molar refractivity (Wildman–Crippen MR) is 79.0 cm³/mol. The molecule has 0 heterocycles. The van der Waals surface area contributed by atoms with Crippen LogP contribution in [0, 0.1) is 18.3 Å². The van der Waals surface area contributed by atoms with E-state index in [0.29, 0.717) is 6.42 Å². The zero-order chi connectivity index (χ0) is 13.7. The molecule has 2 heteroatoms. The van der Waals surface area contributed by atoms with Gasteiger partial charge in [0.1, 0.15) is 0 Å². The van der Waals surface area contributed by atoms with Crippen LogP contribution in [-0.2, 0) is 6.42 Å². The Morgan fingerprint density at radius 3 is 2.53 bits per heavy atom. The molecular formula is C17H18N2. The summed E-state index contributed by atoms with van der Waals surface area (Å²) in [5.41, 5.74) is 4.68.